The number of nitrogens with one attached hydrogen (secondary N) is 1. The minimum absolute atomic E-state index is 0. The van der Waals surface area contributed by atoms with Crippen LogP contribution in [0.4, 0.5) is 0 Å². The molecule has 2 rings (SSSR count). The topological polar surface area (TPSA) is 47.7 Å². The Morgan fingerprint density at radius 2 is 2.05 bits per heavy atom. The van der Waals surface area contributed by atoms with Gasteiger partial charge < -0.3 is 5.32 Å². The summed E-state index contributed by atoms with van der Waals surface area (Å²) in [6.45, 7) is 11.0. The molecule has 20 heavy (non-hydrogen) atoms. The Balaban J connectivity index is 0.00000200. The summed E-state index contributed by atoms with van der Waals surface area (Å²) in [7, 11) is 0. The number of rotatable bonds is 6. The highest BCUT2D eigenvalue weighted by atomic mass is 35.5. The third-order valence-electron chi connectivity index (χ3n) is 3.25. The van der Waals surface area contributed by atoms with E-state index in [0.717, 1.165) is 25.3 Å². The summed E-state index contributed by atoms with van der Waals surface area (Å²) < 4.78 is 4.02. The van der Waals surface area contributed by atoms with Crippen molar-refractivity contribution in [1.29, 1.82) is 0 Å². The van der Waals surface area contributed by atoms with Gasteiger partial charge >= 0.3 is 0 Å². The fourth-order valence-corrected chi connectivity index (χ4v) is 2.08. The fourth-order valence-electron chi connectivity index (χ4n) is 2.08. The van der Waals surface area contributed by atoms with E-state index in [1.165, 1.54) is 11.3 Å². The second-order valence-corrected chi connectivity index (χ2v) is 5.07. The predicted octanol–water partition coefficient (Wildman–Crippen LogP) is 2.70. The number of halogens is 1. The van der Waals surface area contributed by atoms with Crippen LogP contribution in [0.15, 0.2) is 18.5 Å². The van der Waals surface area contributed by atoms with Crippen molar-refractivity contribution in [1.82, 2.24) is 24.9 Å². The van der Waals surface area contributed by atoms with Gasteiger partial charge in [0.25, 0.3) is 0 Å². The van der Waals surface area contributed by atoms with Gasteiger partial charge in [-0.15, -0.1) is 12.4 Å². The lowest BCUT2D eigenvalue weighted by molar-refractivity contribution is 0.518. The molecule has 0 amide bonds. The monoisotopic (exact) mass is 297 g/mol. The van der Waals surface area contributed by atoms with Gasteiger partial charge in [-0.3, -0.25) is 9.36 Å². The van der Waals surface area contributed by atoms with Gasteiger partial charge in [0.1, 0.15) is 0 Å². The summed E-state index contributed by atoms with van der Waals surface area (Å²) >= 11 is 0. The van der Waals surface area contributed by atoms with Crippen LogP contribution in [0.5, 0.6) is 0 Å². The smallest absolute Gasteiger partial charge is 0.0762 e. The molecule has 6 heteroatoms. The quantitative estimate of drug-likeness (QED) is 0.892. The Kier molecular flexibility index (Phi) is 6.23. The van der Waals surface area contributed by atoms with E-state index in [4.69, 9.17) is 0 Å². The largest absolute Gasteiger partial charge is 0.305 e. The predicted molar refractivity (Wildman–Crippen MR) is 83.0 cm³/mol. The van der Waals surface area contributed by atoms with Gasteiger partial charge in [0, 0.05) is 31.9 Å². The van der Waals surface area contributed by atoms with E-state index in [2.05, 4.69) is 49.3 Å². The Bertz CT molecular complexity index is 529. The molecular formula is C14H24ClN5. The molecule has 0 bridgehead atoms. The third kappa shape index (κ3) is 3.84. The standard InChI is InChI=1S/C14H23N5.ClH/c1-5-18-14(12(4)8-16-18)10-15-9-13-6-7-19(17-13)11(2)3;/h6-8,11,15H,5,9-10H2,1-4H3;1H. The van der Waals surface area contributed by atoms with Crippen molar-refractivity contribution in [3.8, 4) is 0 Å². The van der Waals surface area contributed by atoms with Crippen molar-refractivity contribution in [2.24, 2.45) is 0 Å². The average Bonchev–Trinajstić information content (AvgIpc) is 2.98. The van der Waals surface area contributed by atoms with Crippen LogP contribution in [0.2, 0.25) is 0 Å². The van der Waals surface area contributed by atoms with E-state index in [1.807, 2.05) is 21.8 Å². The molecule has 0 spiro atoms. The van der Waals surface area contributed by atoms with E-state index >= 15 is 0 Å². The lowest BCUT2D eigenvalue weighted by atomic mass is 10.2. The zero-order chi connectivity index (χ0) is 13.8. The molecule has 2 aromatic rings. The molecule has 5 nitrogen and oxygen atoms in total. The molecule has 0 fully saturated rings. The Labute approximate surface area is 126 Å². The summed E-state index contributed by atoms with van der Waals surface area (Å²) in [4.78, 5) is 0. The molecule has 0 aliphatic heterocycles. The highest BCUT2D eigenvalue weighted by molar-refractivity contribution is 5.85. The zero-order valence-electron chi connectivity index (χ0n) is 12.6. The summed E-state index contributed by atoms with van der Waals surface area (Å²) in [5.41, 5.74) is 3.57. The molecule has 0 radical (unpaired) electrons. The molecule has 0 unspecified atom stereocenters. The lowest BCUT2D eigenvalue weighted by Crippen LogP contribution is -2.17. The van der Waals surface area contributed by atoms with E-state index in [-0.39, 0.29) is 12.4 Å². The van der Waals surface area contributed by atoms with Gasteiger partial charge in [0.05, 0.1) is 17.6 Å². The van der Waals surface area contributed by atoms with Crippen LogP contribution in [-0.4, -0.2) is 19.6 Å². The van der Waals surface area contributed by atoms with Crippen LogP contribution in [0.1, 0.15) is 43.8 Å². The van der Waals surface area contributed by atoms with Gasteiger partial charge in [-0.1, -0.05) is 0 Å². The number of aryl methyl sites for hydroxylation is 2. The van der Waals surface area contributed by atoms with Crippen LogP contribution in [0, 0.1) is 6.92 Å². The number of aromatic nitrogens is 4. The first-order valence-electron chi connectivity index (χ1n) is 6.87. The maximum atomic E-state index is 4.53. The lowest BCUT2D eigenvalue weighted by Gasteiger charge is -2.07. The first-order chi connectivity index (χ1) is 9.11. The van der Waals surface area contributed by atoms with Crippen molar-refractivity contribution in [2.45, 2.75) is 53.4 Å². The van der Waals surface area contributed by atoms with Crippen molar-refractivity contribution >= 4 is 12.4 Å². The van der Waals surface area contributed by atoms with Crippen LogP contribution >= 0.6 is 12.4 Å². The SMILES string of the molecule is CCn1ncc(C)c1CNCc1ccn(C(C)C)n1.Cl. The van der Waals surface area contributed by atoms with E-state index < -0.39 is 0 Å². The molecule has 0 atom stereocenters. The first-order valence-corrected chi connectivity index (χ1v) is 6.87. The molecule has 0 saturated heterocycles. The third-order valence-corrected chi connectivity index (χ3v) is 3.25. The molecule has 0 aliphatic rings. The second kappa shape index (κ2) is 7.45. The summed E-state index contributed by atoms with van der Waals surface area (Å²) in [5.74, 6) is 0. The molecule has 1 N–H and O–H groups in total. The van der Waals surface area contributed by atoms with Crippen molar-refractivity contribution in [3.05, 3.63) is 35.4 Å². The second-order valence-electron chi connectivity index (χ2n) is 5.07. The Hall–Kier alpha value is -1.33. The zero-order valence-corrected chi connectivity index (χ0v) is 13.4. The maximum Gasteiger partial charge on any atom is 0.0762 e. The highest BCUT2D eigenvalue weighted by Crippen LogP contribution is 2.08. The van der Waals surface area contributed by atoms with E-state index in [1.54, 1.807) is 0 Å². The average molecular weight is 298 g/mol. The van der Waals surface area contributed by atoms with Crippen LogP contribution in [0.3, 0.4) is 0 Å². The normalized spacial score (nSPS) is 10.8. The van der Waals surface area contributed by atoms with Gasteiger partial charge in [-0.25, -0.2) is 0 Å². The van der Waals surface area contributed by atoms with Gasteiger partial charge in [-0.05, 0) is 39.3 Å². The molecule has 2 heterocycles. The summed E-state index contributed by atoms with van der Waals surface area (Å²) in [6.07, 6.45) is 3.96. The number of hydrogen-bond acceptors (Lipinski definition) is 3. The minimum Gasteiger partial charge on any atom is -0.305 e. The Morgan fingerprint density at radius 1 is 1.30 bits per heavy atom. The molecule has 112 valence electrons. The van der Waals surface area contributed by atoms with E-state index in [0.29, 0.717) is 6.04 Å². The molecule has 0 aliphatic carbocycles. The van der Waals surface area contributed by atoms with Crippen molar-refractivity contribution < 1.29 is 0 Å². The molecule has 0 aromatic carbocycles. The van der Waals surface area contributed by atoms with Gasteiger partial charge in [0.2, 0.25) is 0 Å². The molecular weight excluding hydrogens is 274 g/mol. The minimum atomic E-state index is 0. The fraction of sp³-hybridized carbons (Fsp3) is 0.571. The van der Waals surface area contributed by atoms with Gasteiger partial charge in [-0.2, -0.15) is 10.2 Å². The van der Waals surface area contributed by atoms with Crippen LogP contribution < -0.4 is 5.32 Å². The van der Waals surface area contributed by atoms with E-state index in [9.17, 15) is 0 Å². The number of hydrogen-bond donors (Lipinski definition) is 1. The summed E-state index contributed by atoms with van der Waals surface area (Å²) in [6, 6.07) is 2.48. The van der Waals surface area contributed by atoms with Crippen molar-refractivity contribution in [3.63, 3.8) is 0 Å². The molecule has 2 aromatic heterocycles. The van der Waals surface area contributed by atoms with Crippen LogP contribution in [-0.2, 0) is 19.6 Å². The van der Waals surface area contributed by atoms with Crippen molar-refractivity contribution in [2.75, 3.05) is 0 Å². The molecule has 0 saturated carbocycles. The maximum absolute atomic E-state index is 4.53. The van der Waals surface area contributed by atoms with Gasteiger partial charge in [0.15, 0.2) is 0 Å². The highest BCUT2D eigenvalue weighted by Gasteiger charge is 2.06. The Morgan fingerprint density at radius 3 is 2.65 bits per heavy atom. The first kappa shape index (κ1) is 16.7. The number of nitrogens with zero attached hydrogens (tertiary/aromatic N) is 4. The summed E-state index contributed by atoms with van der Waals surface area (Å²) in [5, 5.41) is 12.3. The van der Waals surface area contributed by atoms with Crippen LogP contribution in [0.25, 0.3) is 0 Å².